The van der Waals surface area contributed by atoms with E-state index < -0.39 is 32.5 Å². The molecule has 0 heterocycles. The molecule has 0 fully saturated rings. The fourth-order valence-electron chi connectivity index (χ4n) is 4.99. The molecular weight excluding hydrogens is 750 g/mol. The van der Waals surface area contributed by atoms with Crippen LogP contribution < -0.4 is 0 Å². The molecule has 0 radical (unpaired) electrons. The normalized spacial score (nSPS) is 14.7. The van der Waals surface area contributed by atoms with Gasteiger partial charge in [-0.1, -0.05) is 142 Å². The molecule has 0 aliphatic carbocycles. The summed E-state index contributed by atoms with van der Waals surface area (Å²) in [5.74, 6) is -0.930. The van der Waals surface area contributed by atoms with Crippen molar-refractivity contribution < 1.29 is 42.1 Å². The predicted octanol–water partition coefficient (Wildman–Crippen LogP) is 12.3. The number of unbranched alkanes of at least 4 members (excludes halogenated alkanes) is 5. The van der Waals surface area contributed by atoms with Crippen LogP contribution in [0.1, 0.15) is 129 Å². The van der Waals surface area contributed by atoms with E-state index in [2.05, 4.69) is 111 Å². The molecule has 0 saturated carbocycles. The van der Waals surface area contributed by atoms with Gasteiger partial charge in [-0.05, 0) is 83.5 Å². The van der Waals surface area contributed by atoms with Crippen LogP contribution in [0.5, 0.6) is 0 Å². The maximum atomic E-state index is 12.7. The van der Waals surface area contributed by atoms with Gasteiger partial charge < -0.3 is 18.9 Å². The number of allylic oxidation sites excluding steroid dienone is 18. The Balaban J connectivity index is 4.54. The Morgan fingerprint density at radius 2 is 0.966 bits per heavy atom. The average molecular weight is 829 g/mol. The van der Waals surface area contributed by atoms with Crippen LogP contribution in [0.4, 0.5) is 0 Å². The third kappa shape index (κ3) is 42.3. The maximum Gasteiger partial charge on any atom is 0.472 e. The number of carbonyl (C=O) groups excluding carboxylic acids is 2. The van der Waals surface area contributed by atoms with Crippen LogP contribution in [0.2, 0.25) is 0 Å². The third-order valence-corrected chi connectivity index (χ3v) is 9.30. The van der Waals surface area contributed by atoms with E-state index in [0.717, 1.165) is 89.9 Å². The van der Waals surface area contributed by atoms with Crippen LogP contribution in [-0.4, -0.2) is 74.9 Å². The molecular formula is C48H79NO8P+. The van der Waals surface area contributed by atoms with Gasteiger partial charge in [-0.3, -0.25) is 18.6 Å². The van der Waals surface area contributed by atoms with Crippen molar-refractivity contribution >= 4 is 19.8 Å². The largest absolute Gasteiger partial charge is 0.472 e. The Hall–Kier alpha value is -3.33. The maximum absolute atomic E-state index is 12.7. The molecule has 0 saturated heterocycles. The highest BCUT2D eigenvalue weighted by molar-refractivity contribution is 7.47. The standard InChI is InChI=1S/C48H78NO8P/c1-6-8-10-12-14-16-18-20-22-23-24-25-27-28-30-32-34-36-38-40-47(50)54-44-46(45-56-58(52,53)55-43-42-49(3,4)5)57-48(51)41-39-37-35-33-31-29-26-21-19-17-15-13-11-9-7-2/h8-11,14-17,20-22,24-26,28,30,34,36,46H,6-7,12-13,18-19,23,27,29,31-33,35,37-45H2,1-5H3/p+1/b10-8-,11-9-,16-14-,17-15-,22-20-,25-24-,26-21-,30-28-,36-34-/t46-/m1/s1. The van der Waals surface area contributed by atoms with E-state index in [1.54, 1.807) is 0 Å². The van der Waals surface area contributed by atoms with Gasteiger partial charge in [0, 0.05) is 12.8 Å². The fraction of sp³-hybridized carbons (Fsp3) is 0.583. The average Bonchev–Trinajstić information content (AvgIpc) is 3.17. The molecule has 328 valence electrons. The van der Waals surface area contributed by atoms with Gasteiger partial charge in [0.1, 0.15) is 19.8 Å². The van der Waals surface area contributed by atoms with Crippen LogP contribution in [0.15, 0.2) is 109 Å². The molecule has 10 heteroatoms. The summed E-state index contributed by atoms with van der Waals surface area (Å²) in [6.45, 7) is 4.05. The molecule has 0 aromatic heterocycles. The van der Waals surface area contributed by atoms with Crippen LogP contribution in [0, 0.1) is 0 Å². The van der Waals surface area contributed by atoms with E-state index in [-0.39, 0.29) is 26.1 Å². The molecule has 0 spiro atoms. The number of phosphoric acid groups is 1. The fourth-order valence-corrected chi connectivity index (χ4v) is 5.73. The van der Waals surface area contributed by atoms with Crippen molar-refractivity contribution in [1.82, 2.24) is 0 Å². The molecule has 0 aromatic rings. The lowest BCUT2D eigenvalue weighted by atomic mass is 10.1. The van der Waals surface area contributed by atoms with E-state index in [9.17, 15) is 19.0 Å². The van der Waals surface area contributed by atoms with Crippen LogP contribution in [0.3, 0.4) is 0 Å². The molecule has 1 N–H and O–H groups in total. The molecule has 58 heavy (non-hydrogen) atoms. The van der Waals surface area contributed by atoms with Gasteiger partial charge in [-0.15, -0.1) is 0 Å². The van der Waals surface area contributed by atoms with Crippen molar-refractivity contribution in [3.05, 3.63) is 109 Å². The SMILES string of the molecule is CC/C=C\C/C=C\C/C=C\C/C=C\C/C=C\C/C=C\CCC(=O)OC[C@H](COP(=O)(O)OCC[N+](C)(C)C)OC(=O)CCCCCCC/C=C\C/C=C\C/C=C\CC. The Labute approximate surface area is 353 Å². The minimum atomic E-state index is -4.40. The summed E-state index contributed by atoms with van der Waals surface area (Å²) in [7, 11) is 1.40. The molecule has 0 aliphatic rings. The number of rotatable bonds is 37. The van der Waals surface area contributed by atoms with E-state index in [4.69, 9.17) is 18.5 Å². The van der Waals surface area contributed by atoms with Gasteiger partial charge in [0.25, 0.3) is 0 Å². The summed E-state index contributed by atoms with van der Waals surface area (Å²) in [5, 5.41) is 0. The number of ether oxygens (including phenoxy) is 2. The highest BCUT2D eigenvalue weighted by Gasteiger charge is 2.27. The van der Waals surface area contributed by atoms with Gasteiger partial charge >= 0.3 is 19.8 Å². The van der Waals surface area contributed by atoms with Crippen molar-refractivity contribution in [2.75, 3.05) is 47.5 Å². The van der Waals surface area contributed by atoms with Crippen LogP contribution in [0.25, 0.3) is 0 Å². The molecule has 0 rings (SSSR count). The second kappa shape index (κ2) is 39.1. The Morgan fingerprint density at radius 3 is 1.45 bits per heavy atom. The van der Waals surface area contributed by atoms with E-state index in [1.807, 2.05) is 33.3 Å². The zero-order chi connectivity index (χ0) is 42.8. The summed E-state index contributed by atoms with van der Waals surface area (Å²) in [6.07, 6.45) is 53.0. The van der Waals surface area contributed by atoms with Crippen molar-refractivity contribution in [1.29, 1.82) is 0 Å². The zero-order valence-corrected chi connectivity index (χ0v) is 37.6. The summed E-state index contributed by atoms with van der Waals surface area (Å²) in [6, 6.07) is 0. The second-order valence-corrected chi connectivity index (χ2v) is 16.4. The number of carbonyl (C=O) groups is 2. The van der Waals surface area contributed by atoms with Crippen LogP contribution in [-0.2, 0) is 32.7 Å². The lowest BCUT2D eigenvalue weighted by molar-refractivity contribution is -0.870. The van der Waals surface area contributed by atoms with Crippen LogP contribution >= 0.6 is 7.82 Å². The molecule has 0 aliphatic heterocycles. The Bertz CT molecular complexity index is 1350. The summed E-state index contributed by atoms with van der Waals surface area (Å²) in [5.41, 5.74) is 0. The lowest BCUT2D eigenvalue weighted by Gasteiger charge is -2.24. The first-order chi connectivity index (χ1) is 28.0. The first-order valence-electron chi connectivity index (χ1n) is 21.6. The first-order valence-corrected chi connectivity index (χ1v) is 23.1. The van der Waals surface area contributed by atoms with E-state index >= 15 is 0 Å². The topological polar surface area (TPSA) is 108 Å². The summed E-state index contributed by atoms with van der Waals surface area (Å²) >= 11 is 0. The molecule has 1 unspecified atom stereocenters. The number of nitrogens with zero attached hydrogens (tertiary/aromatic N) is 1. The van der Waals surface area contributed by atoms with Gasteiger partial charge in [0.2, 0.25) is 0 Å². The Morgan fingerprint density at radius 1 is 0.534 bits per heavy atom. The third-order valence-electron chi connectivity index (χ3n) is 8.31. The van der Waals surface area contributed by atoms with E-state index in [0.29, 0.717) is 23.9 Å². The minimum absolute atomic E-state index is 0.0101. The monoisotopic (exact) mass is 829 g/mol. The number of phosphoric ester groups is 1. The number of quaternary nitrogens is 1. The molecule has 0 bridgehead atoms. The predicted molar refractivity (Wildman–Crippen MR) is 242 cm³/mol. The van der Waals surface area contributed by atoms with Gasteiger partial charge in [0.05, 0.1) is 27.7 Å². The van der Waals surface area contributed by atoms with Crippen molar-refractivity contribution in [2.24, 2.45) is 0 Å². The molecule has 2 atom stereocenters. The quantitative estimate of drug-likeness (QED) is 0.0217. The van der Waals surface area contributed by atoms with Gasteiger partial charge in [0.15, 0.2) is 6.10 Å². The molecule has 9 nitrogen and oxygen atoms in total. The summed E-state index contributed by atoms with van der Waals surface area (Å²) < 4.78 is 34.2. The van der Waals surface area contributed by atoms with Crippen molar-refractivity contribution in [2.45, 2.75) is 136 Å². The van der Waals surface area contributed by atoms with Gasteiger partial charge in [-0.25, -0.2) is 4.57 Å². The Kier molecular flexibility index (Phi) is 36.9. The molecule has 0 amide bonds. The highest BCUT2D eigenvalue weighted by atomic mass is 31.2. The lowest BCUT2D eigenvalue weighted by Crippen LogP contribution is -2.37. The minimum Gasteiger partial charge on any atom is -0.462 e. The number of hydrogen-bond donors (Lipinski definition) is 1. The number of likely N-dealkylation sites (N-methyl/N-ethyl adjacent to an activating group) is 1. The zero-order valence-electron chi connectivity index (χ0n) is 36.7. The van der Waals surface area contributed by atoms with Gasteiger partial charge in [-0.2, -0.15) is 0 Å². The number of esters is 2. The second-order valence-electron chi connectivity index (χ2n) is 15.0. The summed E-state index contributed by atoms with van der Waals surface area (Å²) in [4.78, 5) is 35.3. The van der Waals surface area contributed by atoms with Crippen molar-refractivity contribution in [3.8, 4) is 0 Å². The smallest absolute Gasteiger partial charge is 0.462 e. The number of hydrogen-bond acceptors (Lipinski definition) is 7. The molecule has 0 aromatic carbocycles. The van der Waals surface area contributed by atoms with Crippen molar-refractivity contribution in [3.63, 3.8) is 0 Å². The first kappa shape index (κ1) is 54.7. The van der Waals surface area contributed by atoms with E-state index in [1.165, 1.54) is 0 Å². The highest BCUT2D eigenvalue weighted by Crippen LogP contribution is 2.43.